The van der Waals surface area contributed by atoms with Crippen molar-refractivity contribution in [3.05, 3.63) is 29.8 Å². The van der Waals surface area contributed by atoms with Gasteiger partial charge in [-0.2, -0.15) is 0 Å². The Balaban J connectivity index is 2.37. The van der Waals surface area contributed by atoms with Gasteiger partial charge in [-0.15, -0.1) is 0 Å². The highest BCUT2D eigenvalue weighted by atomic mass is 16.5. The van der Waals surface area contributed by atoms with Crippen molar-refractivity contribution in [2.75, 3.05) is 0 Å². The van der Waals surface area contributed by atoms with E-state index in [2.05, 4.69) is 0 Å². The molecule has 1 aliphatic heterocycles. The number of esters is 1. The Hall–Kier alpha value is -1.64. The number of hydrogen-bond donors (Lipinski definition) is 0. The SMILES string of the molecule is CCC1C(=O)Oc2ccccc2C1CC(=O)C(C)(C)C. The highest BCUT2D eigenvalue weighted by Crippen LogP contribution is 2.42. The van der Waals surface area contributed by atoms with Gasteiger partial charge in [0.15, 0.2) is 0 Å². The standard InChI is InChI=1S/C17H22O3/c1-5-11-13(10-15(18)17(2,3)4)12-8-6-7-9-14(12)20-16(11)19/h6-9,11,13H,5,10H2,1-4H3. The van der Waals surface area contributed by atoms with Crippen LogP contribution in [0.3, 0.4) is 0 Å². The van der Waals surface area contributed by atoms with Gasteiger partial charge in [0.05, 0.1) is 5.92 Å². The summed E-state index contributed by atoms with van der Waals surface area (Å²) in [7, 11) is 0. The maximum atomic E-state index is 12.4. The molecule has 1 heterocycles. The molecule has 108 valence electrons. The van der Waals surface area contributed by atoms with E-state index in [-0.39, 0.29) is 29.0 Å². The molecule has 0 spiro atoms. The molecule has 0 aromatic heterocycles. The lowest BCUT2D eigenvalue weighted by Crippen LogP contribution is -2.34. The molecule has 1 aliphatic rings. The first-order valence-corrected chi connectivity index (χ1v) is 7.18. The summed E-state index contributed by atoms with van der Waals surface area (Å²) in [5, 5.41) is 0. The van der Waals surface area contributed by atoms with Crippen LogP contribution in [0.5, 0.6) is 5.75 Å². The maximum absolute atomic E-state index is 12.4. The topological polar surface area (TPSA) is 43.4 Å². The number of ketones is 1. The Morgan fingerprint density at radius 2 is 1.85 bits per heavy atom. The van der Waals surface area contributed by atoms with Gasteiger partial charge in [0.25, 0.3) is 0 Å². The molecule has 0 saturated heterocycles. The third-order valence-corrected chi connectivity index (χ3v) is 4.00. The van der Waals surface area contributed by atoms with E-state index in [4.69, 9.17) is 4.74 Å². The van der Waals surface area contributed by atoms with Crippen molar-refractivity contribution in [1.82, 2.24) is 0 Å². The minimum absolute atomic E-state index is 0.0656. The number of rotatable bonds is 3. The second-order valence-electron chi connectivity index (χ2n) is 6.46. The molecule has 0 radical (unpaired) electrons. The van der Waals surface area contributed by atoms with Crippen molar-refractivity contribution in [3.63, 3.8) is 0 Å². The smallest absolute Gasteiger partial charge is 0.314 e. The summed E-state index contributed by atoms with van der Waals surface area (Å²) in [5.74, 6) is 0.289. The van der Waals surface area contributed by atoms with Crippen LogP contribution in [-0.4, -0.2) is 11.8 Å². The molecule has 0 amide bonds. The zero-order chi connectivity index (χ0) is 14.9. The van der Waals surface area contributed by atoms with Gasteiger partial charge in [0.1, 0.15) is 11.5 Å². The summed E-state index contributed by atoms with van der Waals surface area (Å²) in [6, 6.07) is 7.54. The van der Waals surface area contributed by atoms with Crippen molar-refractivity contribution in [2.24, 2.45) is 11.3 Å². The van der Waals surface area contributed by atoms with Gasteiger partial charge in [-0.3, -0.25) is 9.59 Å². The number of benzene rings is 1. The Morgan fingerprint density at radius 1 is 1.20 bits per heavy atom. The number of Topliss-reactive ketones (excluding diaryl/α,β-unsaturated/α-hetero) is 1. The number of ether oxygens (including phenoxy) is 1. The fourth-order valence-corrected chi connectivity index (χ4v) is 2.65. The lowest BCUT2D eigenvalue weighted by molar-refractivity contribution is -0.142. The number of fused-ring (bicyclic) bond motifs is 1. The van der Waals surface area contributed by atoms with E-state index in [1.54, 1.807) is 6.07 Å². The van der Waals surface area contributed by atoms with Gasteiger partial charge in [0, 0.05) is 17.8 Å². The molecule has 2 atom stereocenters. The molecule has 0 aliphatic carbocycles. The zero-order valence-electron chi connectivity index (χ0n) is 12.6. The number of carbonyl (C=O) groups excluding carboxylic acids is 2. The first-order valence-electron chi connectivity index (χ1n) is 7.18. The minimum Gasteiger partial charge on any atom is -0.426 e. The second kappa shape index (κ2) is 5.39. The molecular formula is C17H22O3. The Kier molecular flexibility index (Phi) is 3.98. The van der Waals surface area contributed by atoms with E-state index in [1.165, 1.54) is 0 Å². The van der Waals surface area contributed by atoms with E-state index >= 15 is 0 Å². The first-order chi connectivity index (χ1) is 9.34. The molecule has 2 rings (SSSR count). The lowest BCUT2D eigenvalue weighted by Gasteiger charge is -2.32. The Morgan fingerprint density at radius 3 is 2.45 bits per heavy atom. The predicted octanol–water partition coefficient (Wildman–Crippen LogP) is 3.72. The maximum Gasteiger partial charge on any atom is 0.314 e. The molecule has 0 saturated carbocycles. The van der Waals surface area contributed by atoms with Crippen LogP contribution < -0.4 is 4.74 Å². The predicted molar refractivity (Wildman–Crippen MR) is 77.7 cm³/mol. The van der Waals surface area contributed by atoms with Crippen molar-refractivity contribution in [3.8, 4) is 5.75 Å². The zero-order valence-corrected chi connectivity index (χ0v) is 12.6. The summed E-state index contributed by atoms with van der Waals surface area (Å²) in [6.07, 6.45) is 1.09. The van der Waals surface area contributed by atoms with Crippen LogP contribution in [0, 0.1) is 11.3 Å². The molecule has 0 fully saturated rings. The van der Waals surface area contributed by atoms with Gasteiger partial charge in [-0.1, -0.05) is 45.9 Å². The van der Waals surface area contributed by atoms with Crippen LogP contribution >= 0.6 is 0 Å². The highest BCUT2D eigenvalue weighted by Gasteiger charge is 2.38. The number of para-hydroxylation sites is 1. The normalized spacial score (nSPS) is 22.1. The van der Waals surface area contributed by atoms with E-state index in [0.29, 0.717) is 18.6 Å². The van der Waals surface area contributed by atoms with Crippen molar-refractivity contribution in [1.29, 1.82) is 0 Å². The van der Waals surface area contributed by atoms with Crippen LogP contribution in [0.2, 0.25) is 0 Å². The molecule has 0 N–H and O–H groups in total. The Bertz CT molecular complexity index is 525. The van der Waals surface area contributed by atoms with Crippen LogP contribution in [0.15, 0.2) is 24.3 Å². The molecule has 1 aromatic rings. The fraction of sp³-hybridized carbons (Fsp3) is 0.529. The summed E-state index contributed by atoms with van der Waals surface area (Å²) < 4.78 is 5.38. The third kappa shape index (κ3) is 2.77. The summed E-state index contributed by atoms with van der Waals surface area (Å²) in [6.45, 7) is 7.73. The molecule has 3 heteroatoms. The molecule has 0 bridgehead atoms. The van der Waals surface area contributed by atoms with Gasteiger partial charge in [0.2, 0.25) is 0 Å². The van der Waals surface area contributed by atoms with Crippen LogP contribution in [-0.2, 0) is 9.59 Å². The van der Waals surface area contributed by atoms with Crippen LogP contribution in [0.1, 0.15) is 52.0 Å². The molecule has 20 heavy (non-hydrogen) atoms. The van der Waals surface area contributed by atoms with Gasteiger partial charge < -0.3 is 4.74 Å². The van der Waals surface area contributed by atoms with E-state index in [1.807, 2.05) is 45.9 Å². The van der Waals surface area contributed by atoms with E-state index in [9.17, 15) is 9.59 Å². The van der Waals surface area contributed by atoms with Crippen LogP contribution in [0.25, 0.3) is 0 Å². The number of hydrogen-bond acceptors (Lipinski definition) is 3. The summed E-state index contributed by atoms with van der Waals surface area (Å²) >= 11 is 0. The quantitative estimate of drug-likeness (QED) is 0.623. The van der Waals surface area contributed by atoms with E-state index in [0.717, 1.165) is 5.56 Å². The van der Waals surface area contributed by atoms with Gasteiger partial charge in [-0.05, 0) is 18.1 Å². The van der Waals surface area contributed by atoms with Gasteiger partial charge in [-0.25, -0.2) is 0 Å². The van der Waals surface area contributed by atoms with Crippen molar-refractivity contribution < 1.29 is 14.3 Å². The Labute approximate surface area is 120 Å². The highest BCUT2D eigenvalue weighted by molar-refractivity contribution is 5.87. The van der Waals surface area contributed by atoms with Crippen LogP contribution in [0.4, 0.5) is 0 Å². The largest absolute Gasteiger partial charge is 0.426 e. The minimum atomic E-state index is -0.380. The van der Waals surface area contributed by atoms with E-state index < -0.39 is 0 Å². The average Bonchev–Trinajstić information content (AvgIpc) is 2.37. The van der Waals surface area contributed by atoms with Crippen molar-refractivity contribution >= 4 is 11.8 Å². The molecule has 2 unspecified atom stereocenters. The first kappa shape index (κ1) is 14.8. The molecular weight excluding hydrogens is 252 g/mol. The number of carbonyl (C=O) groups is 2. The summed E-state index contributed by atoms with van der Waals surface area (Å²) in [5.41, 5.74) is 0.603. The fourth-order valence-electron chi connectivity index (χ4n) is 2.65. The monoisotopic (exact) mass is 274 g/mol. The van der Waals surface area contributed by atoms with Gasteiger partial charge >= 0.3 is 5.97 Å². The molecule has 3 nitrogen and oxygen atoms in total. The third-order valence-electron chi connectivity index (χ3n) is 4.00. The van der Waals surface area contributed by atoms with Crippen molar-refractivity contribution in [2.45, 2.75) is 46.5 Å². The second-order valence-corrected chi connectivity index (χ2v) is 6.46. The average molecular weight is 274 g/mol. The summed E-state index contributed by atoms with van der Waals surface area (Å²) in [4.78, 5) is 24.5. The molecule has 1 aromatic carbocycles. The lowest BCUT2D eigenvalue weighted by atomic mass is 9.75.